The third-order valence-electron chi connectivity index (χ3n) is 7.79. The second-order valence-corrected chi connectivity index (χ2v) is 9.90. The molecule has 1 N–H and O–H groups in total. The second kappa shape index (κ2) is 10.6. The molecule has 2 saturated heterocycles. The van der Waals surface area contributed by atoms with Crippen molar-refractivity contribution < 1.29 is 9.53 Å². The zero-order chi connectivity index (χ0) is 24.2. The number of carbonyl (C=O) groups excluding carboxylic acids is 1. The number of amides is 1. The molecule has 0 bridgehead atoms. The summed E-state index contributed by atoms with van der Waals surface area (Å²) in [5, 5.41) is 4.54. The van der Waals surface area contributed by atoms with Gasteiger partial charge >= 0.3 is 0 Å². The first-order chi connectivity index (χ1) is 17.1. The largest absolute Gasteiger partial charge is 0.497 e. The monoisotopic (exact) mass is 473 g/mol. The van der Waals surface area contributed by atoms with Gasteiger partial charge in [-0.05, 0) is 74.9 Å². The Morgan fingerprint density at radius 3 is 2.57 bits per heavy atom. The molecule has 184 valence electrons. The number of benzene rings is 2. The van der Waals surface area contributed by atoms with Crippen LogP contribution < -0.4 is 15.6 Å². The molecule has 2 atom stereocenters. The SMILES string of the molecule is COc1ccc(CCn2cc(C(=O)NC[C@@H]3CCCN4CCCC[C@H]34)c3ccccc3c2=O)cc1. The summed E-state index contributed by atoms with van der Waals surface area (Å²) in [6.45, 7) is 3.59. The van der Waals surface area contributed by atoms with Gasteiger partial charge in [0.1, 0.15) is 5.75 Å². The Hall–Kier alpha value is -3.12. The summed E-state index contributed by atoms with van der Waals surface area (Å²) in [5.41, 5.74) is 1.63. The van der Waals surface area contributed by atoms with E-state index < -0.39 is 0 Å². The van der Waals surface area contributed by atoms with Gasteiger partial charge < -0.3 is 19.5 Å². The summed E-state index contributed by atoms with van der Waals surface area (Å²) < 4.78 is 6.92. The van der Waals surface area contributed by atoms with Gasteiger partial charge in [-0.15, -0.1) is 0 Å². The number of piperidine rings is 2. The van der Waals surface area contributed by atoms with Crippen molar-refractivity contribution >= 4 is 16.7 Å². The van der Waals surface area contributed by atoms with Crippen molar-refractivity contribution in [3.63, 3.8) is 0 Å². The topological polar surface area (TPSA) is 63.6 Å². The van der Waals surface area contributed by atoms with Crippen LogP contribution in [-0.2, 0) is 13.0 Å². The zero-order valence-corrected chi connectivity index (χ0v) is 20.5. The Morgan fingerprint density at radius 1 is 1.00 bits per heavy atom. The highest BCUT2D eigenvalue weighted by Crippen LogP contribution is 2.30. The molecule has 0 radical (unpaired) electrons. The van der Waals surface area contributed by atoms with Crippen LogP contribution in [-0.4, -0.2) is 48.2 Å². The van der Waals surface area contributed by atoms with E-state index in [0.29, 0.717) is 42.4 Å². The van der Waals surface area contributed by atoms with E-state index in [4.69, 9.17) is 4.74 Å². The fraction of sp³-hybridized carbons (Fsp3) is 0.448. The van der Waals surface area contributed by atoms with E-state index in [2.05, 4.69) is 10.2 Å². The first kappa shape index (κ1) is 23.6. The maximum absolute atomic E-state index is 13.4. The number of aryl methyl sites for hydroxylation is 2. The molecule has 2 fully saturated rings. The van der Waals surface area contributed by atoms with Gasteiger partial charge in [0.2, 0.25) is 0 Å². The smallest absolute Gasteiger partial charge is 0.258 e. The number of methoxy groups -OCH3 is 1. The molecule has 0 saturated carbocycles. The van der Waals surface area contributed by atoms with Gasteiger partial charge in [-0.1, -0.05) is 36.8 Å². The standard InChI is InChI=1S/C29H35N3O3/c1-35-23-13-11-21(12-14-23)15-18-32-20-26(24-8-2-3-9-25(24)29(32)34)28(33)30-19-22-7-6-17-31-16-5-4-10-27(22)31/h2-3,8-9,11-14,20,22,27H,4-7,10,15-19H2,1H3,(H,30,33)/t22-,27+/m0/s1. The van der Waals surface area contributed by atoms with Crippen LogP contribution in [0.3, 0.4) is 0 Å². The molecule has 0 aliphatic carbocycles. The predicted octanol–water partition coefficient (Wildman–Crippen LogP) is 4.25. The number of carbonyl (C=O) groups is 1. The van der Waals surface area contributed by atoms with Crippen LogP contribution in [0.25, 0.3) is 10.8 Å². The summed E-state index contributed by atoms with van der Waals surface area (Å²) in [7, 11) is 1.65. The van der Waals surface area contributed by atoms with E-state index in [9.17, 15) is 9.59 Å². The number of pyridine rings is 1. The van der Waals surface area contributed by atoms with Crippen molar-refractivity contribution in [3.8, 4) is 5.75 Å². The molecule has 1 amide bonds. The lowest BCUT2D eigenvalue weighted by Crippen LogP contribution is -2.51. The maximum Gasteiger partial charge on any atom is 0.258 e. The number of aromatic nitrogens is 1. The minimum absolute atomic E-state index is 0.0595. The van der Waals surface area contributed by atoms with Gasteiger partial charge in [-0.25, -0.2) is 0 Å². The quantitative estimate of drug-likeness (QED) is 0.557. The molecule has 5 rings (SSSR count). The Morgan fingerprint density at radius 2 is 1.77 bits per heavy atom. The lowest BCUT2D eigenvalue weighted by molar-refractivity contribution is 0.0576. The molecule has 1 aromatic heterocycles. The van der Waals surface area contributed by atoms with Crippen LogP contribution in [0.5, 0.6) is 5.75 Å². The van der Waals surface area contributed by atoms with E-state index >= 15 is 0 Å². The summed E-state index contributed by atoms with van der Waals surface area (Å²) in [5.74, 6) is 1.22. The summed E-state index contributed by atoms with van der Waals surface area (Å²) >= 11 is 0. The van der Waals surface area contributed by atoms with E-state index in [0.717, 1.165) is 16.7 Å². The van der Waals surface area contributed by atoms with E-state index in [1.54, 1.807) is 17.9 Å². The number of rotatable bonds is 7. The Labute approximate surface area is 206 Å². The predicted molar refractivity (Wildman–Crippen MR) is 139 cm³/mol. The molecule has 2 aliphatic heterocycles. The van der Waals surface area contributed by atoms with Crippen LogP contribution >= 0.6 is 0 Å². The number of nitrogens with one attached hydrogen (secondary N) is 1. The fourth-order valence-corrected chi connectivity index (χ4v) is 5.87. The van der Waals surface area contributed by atoms with Gasteiger partial charge in [0.25, 0.3) is 11.5 Å². The van der Waals surface area contributed by atoms with Crippen LogP contribution in [0.1, 0.15) is 48.0 Å². The molecule has 6 heteroatoms. The van der Waals surface area contributed by atoms with Crippen molar-refractivity contribution in [2.24, 2.45) is 5.92 Å². The van der Waals surface area contributed by atoms with Crippen molar-refractivity contribution in [3.05, 3.63) is 76.2 Å². The lowest BCUT2D eigenvalue weighted by Gasteiger charge is -2.44. The number of hydrogen-bond acceptors (Lipinski definition) is 4. The fourth-order valence-electron chi connectivity index (χ4n) is 5.87. The van der Waals surface area contributed by atoms with Gasteiger partial charge in [0, 0.05) is 36.1 Å². The van der Waals surface area contributed by atoms with Gasteiger partial charge in [-0.3, -0.25) is 9.59 Å². The molecule has 6 nitrogen and oxygen atoms in total. The number of ether oxygens (including phenoxy) is 1. The zero-order valence-electron chi connectivity index (χ0n) is 20.5. The van der Waals surface area contributed by atoms with E-state index in [1.165, 1.54) is 45.2 Å². The Balaban J connectivity index is 1.35. The van der Waals surface area contributed by atoms with Crippen molar-refractivity contribution in [1.29, 1.82) is 0 Å². The number of nitrogens with zero attached hydrogens (tertiary/aromatic N) is 2. The van der Waals surface area contributed by atoms with Gasteiger partial charge in [0.05, 0.1) is 12.7 Å². The molecular weight excluding hydrogens is 438 g/mol. The third-order valence-corrected chi connectivity index (χ3v) is 7.79. The Bertz CT molecular complexity index is 1230. The minimum Gasteiger partial charge on any atom is -0.497 e. The van der Waals surface area contributed by atoms with Crippen LogP contribution in [0, 0.1) is 5.92 Å². The van der Waals surface area contributed by atoms with Gasteiger partial charge in [0.15, 0.2) is 0 Å². The molecule has 0 spiro atoms. The highest BCUT2D eigenvalue weighted by atomic mass is 16.5. The molecule has 2 aliphatic rings. The van der Waals surface area contributed by atoms with E-state index in [-0.39, 0.29) is 11.5 Å². The summed E-state index contributed by atoms with van der Waals surface area (Å²) in [4.78, 5) is 29.2. The maximum atomic E-state index is 13.4. The molecule has 3 aromatic rings. The molecular formula is C29H35N3O3. The van der Waals surface area contributed by atoms with Crippen LogP contribution in [0.15, 0.2) is 59.5 Å². The molecule has 3 heterocycles. The average Bonchev–Trinajstić information content (AvgIpc) is 2.91. The molecule has 2 aromatic carbocycles. The summed E-state index contributed by atoms with van der Waals surface area (Å²) in [6.07, 6.45) is 8.63. The third kappa shape index (κ3) is 5.13. The highest BCUT2D eigenvalue weighted by molar-refractivity contribution is 6.06. The lowest BCUT2D eigenvalue weighted by atomic mass is 9.83. The summed E-state index contributed by atoms with van der Waals surface area (Å²) in [6, 6.07) is 15.9. The molecule has 35 heavy (non-hydrogen) atoms. The first-order valence-corrected chi connectivity index (χ1v) is 12.9. The van der Waals surface area contributed by atoms with Gasteiger partial charge in [-0.2, -0.15) is 0 Å². The van der Waals surface area contributed by atoms with Crippen LogP contribution in [0.4, 0.5) is 0 Å². The second-order valence-electron chi connectivity index (χ2n) is 9.90. The highest BCUT2D eigenvalue weighted by Gasteiger charge is 2.33. The average molecular weight is 474 g/mol. The number of fused-ring (bicyclic) bond motifs is 2. The van der Waals surface area contributed by atoms with Crippen molar-refractivity contribution in [2.75, 3.05) is 26.7 Å². The van der Waals surface area contributed by atoms with E-state index in [1.807, 2.05) is 48.5 Å². The molecule has 0 unspecified atom stereocenters. The minimum atomic E-state index is -0.0904. The Kier molecular flexibility index (Phi) is 7.19. The normalized spacial score (nSPS) is 20.4. The van der Waals surface area contributed by atoms with Crippen molar-refractivity contribution in [2.45, 2.75) is 51.1 Å². The first-order valence-electron chi connectivity index (χ1n) is 12.9. The van der Waals surface area contributed by atoms with Crippen LogP contribution in [0.2, 0.25) is 0 Å². The number of hydrogen-bond donors (Lipinski definition) is 1. The van der Waals surface area contributed by atoms with Crippen molar-refractivity contribution in [1.82, 2.24) is 14.8 Å².